The third-order valence-corrected chi connectivity index (χ3v) is 2.51. The van der Waals surface area contributed by atoms with E-state index in [1.807, 2.05) is 12.1 Å². The Morgan fingerprint density at radius 1 is 0.667 bits per heavy atom. The van der Waals surface area contributed by atoms with Crippen LogP contribution >= 0.6 is 0 Å². The van der Waals surface area contributed by atoms with Crippen molar-refractivity contribution in [3.05, 3.63) is 71.8 Å². The molecule has 0 amide bonds. The van der Waals surface area contributed by atoms with E-state index in [0.29, 0.717) is 11.1 Å². The first-order valence-corrected chi connectivity index (χ1v) is 5.44. The number of benzene rings is 2. The molecule has 0 aromatic heterocycles. The summed E-state index contributed by atoms with van der Waals surface area (Å²) in [7, 11) is 0. The molecule has 0 saturated carbocycles. The van der Waals surface area contributed by atoms with Crippen LogP contribution < -0.4 is 0 Å². The van der Waals surface area contributed by atoms with Gasteiger partial charge in [-0.2, -0.15) is 0 Å². The molecular formula is C15H12MnO2+2. The van der Waals surface area contributed by atoms with Crippen LogP contribution in [0, 0.1) is 0 Å². The largest absolute Gasteiger partial charge is 2.00 e. The fraction of sp³-hybridized carbons (Fsp3) is 0.0667. The van der Waals surface area contributed by atoms with Crippen LogP contribution in [0.2, 0.25) is 0 Å². The summed E-state index contributed by atoms with van der Waals surface area (Å²) < 4.78 is 0. The summed E-state index contributed by atoms with van der Waals surface area (Å²) in [6.07, 6.45) is -0.0754. The van der Waals surface area contributed by atoms with E-state index in [9.17, 15) is 9.59 Å². The maximum absolute atomic E-state index is 11.8. The second kappa shape index (κ2) is 6.90. The monoisotopic (exact) mass is 279 g/mol. The van der Waals surface area contributed by atoms with Crippen LogP contribution in [0.3, 0.4) is 0 Å². The molecule has 0 unspecified atom stereocenters. The van der Waals surface area contributed by atoms with Crippen molar-refractivity contribution in [1.82, 2.24) is 0 Å². The van der Waals surface area contributed by atoms with E-state index in [1.165, 1.54) is 0 Å². The van der Waals surface area contributed by atoms with E-state index in [4.69, 9.17) is 0 Å². The van der Waals surface area contributed by atoms with Gasteiger partial charge in [-0.3, -0.25) is 9.59 Å². The van der Waals surface area contributed by atoms with E-state index in [-0.39, 0.29) is 35.1 Å². The van der Waals surface area contributed by atoms with Gasteiger partial charge in [-0.1, -0.05) is 60.7 Å². The Hall–Kier alpha value is -1.70. The Labute approximate surface area is 117 Å². The molecule has 2 aromatic rings. The van der Waals surface area contributed by atoms with Crippen molar-refractivity contribution < 1.29 is 26.7 Å². The van der Waals surface area contributed by atoms with Crippen molar-refractivity contribution in [3.8, 4) is 0 Å². The maximum Gasteiger partial charge on any atom is 2.00 e. The molecule has 1 radical (unpaired) electrons. The average Bonchev–Trinajstić information content (AvgIpc) is 2.40. The zero-order valence-corrected chi connectivity index (χ0v) is 10.9. The molecule has 89 valence electrons. The van der Waals surface area contributed by atoms with Crippen molar-refractivity contribution in [3.63, 3.8) is 0 Å². The molecule has 0 fully saturated rings. The first kappa shape index (κ1) is 14.4. The van der Waals surface area contributed by atoms with Crippen molar-refractivity contribution in [2.45, 2.75) is 6.42 Å². The van der Waals surface area contributed by atoms with Crippen molar-refractivity contribution >= 4 is 11.6 Å². The first-order valence-electron chi connectivity index (χ1n) is 5.44. The molecule has 3 heteroatoms. The van der Waals surface area contributed by atoms with Crippen molar-refractivity contribution in [2.75, 3.05) is 0 Å². The number of carbonyl (C=O) groups is 2. The minimum absolute atomic E-state index is 0. The molecule has 0 aliphatic heterocycles. The Bertz CT molecular complexity index is 471. The zero-order valence-electron chi connectivity index (χ0n) is 9.68. The summed E-state index contributed by atoms with van der Waals surface area (Å²) in [5.74, 6) is -0.279. The fourth-order valence-electron chi connectivity index (χ4n) is 1.60. The second-order valence-electron chi connectivity index (χ2n) is 3.76. The number of Topliss-reactive ketones (excluding diaryl/α,β-unsaturated/α-hetero) is 2. The third-order valence-electron chi connectivity index (χ3n) is 2.51. The fourth-order valence-corrected chi connectivity index (χ4v) is 1.60. The van der Waals surface area contributed by atoms with Gasteiger partial charge in [-0.15, -0.1) is 0 Å². The number of hydrogen-bond donors (Lipinski definition) is 0. The summed E-state index contributed by atoms with van der Waals surface area (Å²) in [5, 5.41) is 0. The second-order valence-corrected chi connectivity index (χ2v) is 3.76. The Morgan fingerprint density at radius 3 is 1.33 bits per heavy atom. The van der Waals surface area contributed by atoms with Crippen molar-refractivity contribution in [2.24, 2.45) is 0 Å². The van der Waals surface area contributed by atoms with Crippen LogP contribution in [-0.4, -0.2) is 11.6 Å². The molecule has 0 atom stereocenters. The quantitative estimate of drug-likeness (QED) is 0.489. The van der Waals surface area contributed by atoms with Crippen LogP contribution in [-0.2, 0) is 17.1 Å². The van der Waals surface area contributed by atoms with Gasteiger partial charge in [0.25, 0.3) is 0 Å². The number of carbonyl (C=O) groups excluding carboxylic acids is 2. The Kier molecular flexibility index (Phi) is 5.50. The number of ketones is 2. The van der Waals surface area contributed by atoms with Crippen LogP contribution in [0.4, 0.5) is 0 Å². The van der Waals surface area contributed by atoms with Crippen molar-refractivity contribution in [1.29, 1.82) is 0 Å². The van der Waals surface area contributed by atoms with Crippen LogP contribution in [0.5, 0.6) is 0 Å². The van der Waals surface area contributed by atoms with Crippen LogP contribution in [0.25, 0.3) is 0 Å². The van der Waals surface area contributed by atoms with Crippen LogP contribution in [0.1, 0.15) is 27.1 Å². The maximum atomic E-state index is 11.8. The van der Waals surface area contributed by atoms with E-state index < -0.39 is 0 Å². The van der Waals surface area contributed by atoms with Gasteiger partial charge >= 0.3 is 17.1 Å². The molecule has 0 spiro atoms. The number of rotatable bonds is 4. The Balaban J connectivity index is 0.00000162. The molecule has 0 N–H and O–H groups in total. The summed E-state index contributed by atoms with van der Waals surface area (Å²) in [6.45, 7) is 0. The molecule has 0 bridgehead atoms. The zero-order chi connectivity index (χ0) is 12.1. The van der Waals surface area contributed by atoms with Gasteiger partial charge in [-0.05, 0) is 0 Å². The Morgan fingerprint density at radius 2 is 1.00 bits per heavy atom. The van der Waals surface area contributed by atoms with Gasteiger partial charge in [-0.25, -0.2) is 0 Å². The van der Waals surface area contributed by atoms with Gasteiger partial charge in [0, 0.05) is 11.1 Å². The van der Waals surface area contributed by atoms with Crippen LogP contribution in [0.15, 0.2) is 60.7 Å². The molecule has 0 heterocycles. The molecule has 2 aromatic carbocycles. The number of hydrogen-bond acceptors (Lipinski definition) is 2. The molecule has 2 rings (SSSR count). The minimum Gasteiger partial charge on any atom is -0.294 e. The normalized spacial score (nSPS) is 9.33. The summed E-state index contributed by atoms with van der Waals surface area (Å²) in [5.41, 5.74) is 1.16. The predicted molar refractivity (Wildman–Crippen MR) is 66.2 cm³/mol. The molecule has 2 nitrogen and oxygen atoms in total. The standard InChI is InChI=1S/C15H12O2.Mn/c16-14(12-7-3-1-4-8-12)11-15(17)13-9-5-2-6-10-13;/h1-10H,11H2;/q;+2. The van der Waals surface area contributed by atoms with E-state index in [0.717, 1.165) is 0 Å². The average molecular weight is 279 g/mol. The predicted octanol–water partition coefficient (Wildman–Crippen LogP) is 3.14. The van der Waals surface area contributed by atoms with E-state index >= 15 is 0 Å². The summed E-state index contributed by atoms with van der Waals surface area (Å²) in [4.78, 5) is 23.6. The smallest absolute Gasteiger partial charge is 0.294 e. The van der Waals surface area contributed by atoms with Gasteiger partial charge in [0.05, 0.1) is 6.42 Å². The van der Waals surface area contributed by atoms with E-state index in [1.54, 1.807) is 48.5 Å². The molecule has 0 aliphatic rings. The molecule has 18 heavy (non-hydrogen) atoms. The van der Waals surface area contributed by atoms with E-state index in [2.05, 4.69) is 0 Å². The van der Waals surface area contributed by atoms with Gasteiger partial charge in [0.15, 0.2) is 11.6 Å². The SMILES string of the molecule is O=C(CC(=O)c1ccccc1)c1ccccc1.[Mn+2]. The van der Waals surface area contributed by atoms with Gasteiger partial charge in [0.2, 0.25) is 0 Å². The summed E-state index contributed by atoms with van der Waals surface area (Å²) >= 11 is 0. The topological polar surface area (TPSA) is 34.1 Å². The van der Waals surface area contributed by atoms with Gasteiger partial charge in [0.1, 0.15) is 0 Å². The molecular weight excluding hydrogens is 267 g/mol. The molecule has 0 saturated heterocycles. The minimum atomic E-state index is -0.139. The molecule has 0 aliphatic carbocycles. The summed E-state index contributed by atoms with van der Waals surface area (Å²) in [6, 6.07) is 17.7. The first-order chi connectivity index (χ1) is 8.27. The third kappa shape index (κ3) is 3.66. The van der Waals surface area contributed by atoms with Gasteiger partial charge < -0.3 is 0 Å².